The molecule has 0 aliphatic carbocycles. The van der Waals surface area contributed by atoms with Gasteiger partial charge in [-0.1, -0.05) is 12.1 Å². The lowest BCUT2D eigenvalue weighted by molar-refractivity contribution is -0.123. The molecule has 1 amide bonds. The summed E-state index contributed by atoms with van der Waals surface area (Å²) >= 11 is 0. The van der Waals surface area contributed by atoms with E-state index < -0.39 is 6.04 Å². The zero-order valence-corrected chi connectivity index (χ0v) is 16.2. The number of likely N-dealkylation sites (N-methyl/N-ethyl adjacent to an activating group) is 1. The van der Waals surface area contributed by atoms with Crippen molar-refractivity contribution in [2.24, 2.45) is 13.0 Å². The minimum atomic E-state index is -0.441. The first-order valence-electron chi connectivity index (χ1n) is 9.30. The van der Waals surface area contributed by atoms with Gasteiger partial charge in [0.05, 0.1) is 19.4 Å². The van der Waals surface area contributed by atoms with E-state index >= 15 is 0 Å². The third kappa shape index (κ3) is 5.08. The van der Waals surface area contributed by atoms with Gasteiger partial charge < -0.3 is 20.1 Å². The number of carbonyl (C=O) groups is 1. The molecule has 0 bridgehead atoms. The number of aryl methyl sites for hydroxylation is 2. The summed E-state index contributed by atoms with van der Waals surface area (Å²) in [5, 5.41) is 10.2. The number of aromatic nitrogens is 2. The summed E-state index contributed by atoms with van der Waals surface area (Å²) in [6.45, 7) is 4.65. The van der Waals surface area contributed by atoms with E-state index in [2.05, 4.69) is 15.7 Å². The van der Waals surface area contributed by atoms with Crippen molar-refractivity contribution in [2.45, 2.75) is 25.9 Å². The minimum Gasteiger partial charge on any atom is -0.493 e. The number of nitrogens with one attached hydrogen (secondary N) is 2. The van der Waals surface area contributed by atoms with Gasteiger partial charge in [0, 0.05) is 43.4 Å². The number of carbonyl (C=O) groups excluding carboxylic acids is 1. The standard InChI is InChI=1S/C20H28N4O3/c1-14-4-5-16(18(8-14)27-13-15-6-7-26-12-15)9-22-20(25)19(21-2)17-10-23-24(3)11-17/h4-5,8,10-11,15,19,21H,6-7,9,12-13H2,1-3H3,(H,22,25). The fourth-order valence-electron chi connectivity index (χ4n) is 3.19. The fraction of sp³-hybridized carbons (Fsp3) is 0.500. The van der Waals surface area contributed by atoms with Crippen LogP contribution >= 0.6 is 0 Å². The molecule has 7 heteroatoms. The highest BCUT2D eigenvalue weighted by molar-refractivity contribution is 5.83. The molecular formula is C20H28N4O3. The zero-order valence-electron chi connectivity index (χ0n) is 16.2. The molecule has 3 rings (SSSR count). The summed E-state index contributed by atoms with van der Waals surface area (Å²) < 4.78 is 13.1. The Labute approximate surface area is 160 Å². The van der Waals surface area contributed by atoms with Crippen molar-refractivity contribution in [2.75, 3.05) is 26.9 Å². The Bertz CT molecular complexity index is 768. The van der Waals surface area contributed by atoms with Crippen LogP contribution in [0.25, 0.3) is 0 Å². The molecule has 2 aromatic rings. The molecule has 1 saturated heterocycles. The van der Waals surface area contributed by atoms with Crippen LogP contribution in [0.4, 0.5) is 0 Å². The zero-order chi connectivity index (χ0) is 19.2. The second kappa shape index (κ2) is 9.01. The van der Waals surface area contributed by atoms with E-state index in [0.717, 1.165) is 42.1 Å². The summed E-state index contributed by atoms with van der Waals surface area (Å²) in [4.78, 5) is 12.6. The molecule has 1 aromatic carbocycles. The number of nitrogens with zero attached hydrogens (tertiary/aromatic N) is 2. The Balaban J connectivity index is 1.63. The van der Waals surface area contributed by atoms with Crippen molar-refractivity contribution in [3.8, 4) is 5.75 Å². The Morgan fingerprint density at radius 2 is 2.33 bits per heavy atom. The predicted octanol–water partition coefficient (Wildman–Crippen LogP) is 1.72. The Hall–Kier alpha value is -2.38. The largest absolute Gasteiger partial charge is 0.493 e. The number of hydrogen-bond donors (Lipinski definition) is 2. The molecular weight excluding hydrogens is 344 g/mol. The highest BCUT2D eigenvalue weighted by Gasteiger charge is 2.21. The molecule has 7 nitrogen and oxygen atoms in total. The number of amides is 1. The number of benzene rings is 1. The average molecular weight is 372 g/mol. The monoisotopic (exact) mass is 372 g/mol. The predicted molar refractivity (Wildman–Crippen MR) is 102 cm³/mol. The summed E-state index contributed by atoms with van der Waals surface area (Å²) in [6.07, 6.45) is 4.57. The van der Waals surface area contributed by atoms with Gasteiger partial charge in [-0.25, -0.2) is 0 Å². The highest BCUT2D eigenvalue weighted by Crippen LogP contribution is 2.23. The number of ether oxygens (including phenoxy) is 2. The second-order valence-electron chi connectivity index (χ2n) is 7.04. The average Bonchev–Trinajstić information content (AvgIpc) is 3.31. The van der Waals surface area contributed by atoms with Crippen molar-refractivity contribution >= 4 is 5.91 Å². The molecule has 0 radical (unpaired) electrons. The lowest BCUT2D eigenvalue weighted by atomic mass is 10.1. The maximum Gasteiger partial charge on any atom is 0.242 e. The molecule has 146 valence electrons. The van der Waals surface area contributed by atoms with E-state index in [9.17, 15) is 4.79 Å². The van der Waals surface area contributed by atoms with Gasteiger partial charge in [0.15, 0.2) is 0 Å². The maximum absolute atomic E-state index is 12.6. The van der Waals surface area contributed by atoms with E-state index in [0.29, 0.717) is 19.1 Å². The highest BCUT2D eigenvalue weighted by atomic mass is 16.5. The first-order chi connectivity index (χ1) is 13.1. The normalized spacial score (nSPS) is 17.7. The summed E-state index contributed by atoms with van der Waals surface area (Å²) in [5.74, 6) is 1.16. The molecule has 2 N–H and O–H groups in total. The van der Waals surface area contributed by atoms with E-state index in [-0.39, 0.29) is 5.91 Å². The summed E-state index contributed by atoms with van der Waals surface area (Å²) in [5.41, 5.74) is 2.93. The minimum absolute atomic E-state index is 0.0961. The Morgan fingerprint density at radius 3 is 3.00 bits per heavy atom. The van der Waals surface area contributed by atoms with E-state index in [4.69, 9.17) is 9.47 Å². The quantitative estimate of drug-likeness (QED) is 0.738. The second-order valence-corrected chi connectivity index (χ2v) is 7.04. The van der Waals surface area contributed by atoms with Crippen LogP contribution in [0.5, 0.6) is 5.75 Å². The van der Waals surface area contributed by atoms with Gasteiger partial charge in [-0.2, -0.15) is 5.10 Å². The maximum atomic E-state index is 12.6. The summed E-state index contributed by atoms with van der Waals surface area (Å²) in [7, 11) is 3.60. The van der Waals surface area contributed by atoms with Crippen LogP contribution in [-0.4, -0.2) is 42.6 Å². The van der Waals surface area contributed by atoms with Crippen LogP contribution in [-0.2, 0) is 23.1 Å². The van der Waals surface area contributed by atoms with Gasteiger partial charge in [0.25, 0.3) is 0 Å². The van der Waals surface area contributed by atoms with E-state index in [1.807, 2.05) is 38.4 Å². The number of hydrogen-bond acceptors (Lipinski definition) is 5. The van der Waals surface area contributed by atoms with Crippen molar-refractivity contribution < 1.29 is 14.3 Å². The van der Waals surface area contributed by atoms with Gasteiger partial charge in [0.1, 0.15) is 11.8 Å². The molecule has 1 aliphatic rings. The van der Waals surface area contributed by atoms with Crippen molar-refractivity contribution in [1.82, 2.24) is 20.4 Å². The van der Waals surface area contributed by atoms with Gasteiger partial charge in [-0.15, -0.1) is 0 Å². The summed E-state index contributed by atoms with van der Waals surface area (Å²) in [6, 6.07) is 5.62. The Kier molecular flexibility index (Phi) is 6.47. The van der Waals surface area contributed by atoms with E-state index in [1.165, 1.54) is 0 Å². The molecule has 2 unspecified atom stereocenters. The van der Waals surface area contributed by atoms with Gasteiger partial charge in [-0.05, 0) is 32.0 Å². The third-order valence-electron chi connectivity index (χ3n) is 4.78. The lowest BCUT2D eigenvalue weighted by Crippen LogP contribution is -2.35. The Morgan fingerprint density at radius 1 is 1.48 bits per heavy atom. The van der Waals surface area contributed by atoms with Gasteiger partial charge in [0.2, 0.25) is 5.91 Å². The van der Waals surface area contributed by atoms with E-state index in [1.54, 1.807) is 17.9 Å². The molecule has 1 aliphatic heterocycles. The van der Waals surface area contributed by atoms with Crippen LogP contribution < -0.4 is 15.4 Å². The van der Waals surface area contributed by atoms with Gasteiger partial charge in [-0.3, -0.25) is 9.48 Å². The third-order valence-corrected chi connectivity index (χ3v) is 4.78. The SMILES string of the molecule is CNC(C(=O)NCc1ccc(C)cc1OCC1CCOC1)c1cnn(C)c1. The van der Waals surface area contributed by atoms with Crippen molar-refractivity contribution in [3.63, 3.8) is 0 Å². The molecule has 0 spiro atoms. The van der Waals surface area contributed by atoms with Crippen LogP contribution in [0.1, 0.15) is 29.2 Å². The van der Waals surface area contributed by atoms with Crippen LogP contribution in [0.2, 0.25) is 0 Å². The van der Waals surface area contributed by atoms with Crippen LogP contribution in [0, 0.1) is 12.8 Å². The topological polar surface area (TPSA) is 77.4 Å². The van der Waals surface area contributed by atoms with Gasteiger partial charge >= 0.3 is 0 Å². The van der Waals surface area contributed by atoms with Crippen LogP contribution in [0.15, 0.2) is 30.6 Å². The molecule has 27 heavy (non-hydrogen) atoms. The molecule has 0 saturated carbocycles. The molecule has 2 heterocycles. The smallest absolute Gasteiger partial charge is 0.242 e. The fourth-order valence-corrected chi connectivity index (χ4v) is 3.19. The molecule has 2 atom stereocenters. The first kappa shape index (κ1) is 19.4. The lowest BCUT2D eigenvalue weighted by Gasteiger charge is -2.17. The van der Waals surface area contributed by atoms with Crippen molar-refractivity contribution in [3.05, 3.63) is 47.3 Å². The van der Waals surface area contributed by atoms with Crippen LogP contribution in [0.3, 0.4) is 0 Å². The molecule has 1 aromatic heterocycles. The van der Waals surface area contributed by atoms with Crippen molar-refractivity contribution in [1.29, 1.82) is 0 Å². The molecule has 1 fully saturated rings. The number of rotatable bonds is 8. The first-order valence-corrected chi connectivity index (χ1v) is 9.30.